The van der Waals surface area contributed by atoms with Gasteiger partial charge in [-0.1, -0.05) is 29.4 Å². The average molecular weight is 323 g/mol. The molecule has 2 aromatic carbocycles. The second kappa shape index (κ2) is 7.27. The first-order chi connectivity index (χ1) is 11.7. The minimum Gasteiger partial charge on any atom is -0.497 e. The van der Waals surface area contributed by atoms with Crippen LogP contribution in [0.2, 0.25) is 0 Å². The molecule has 0 saturated carbocycles. The van der Waals surface area contributed by atoms with Gasteiger partial charge in [0, 0.05) is 12.1 Å². The maximum atomic E-state index is 5.37. The molecule has 0 saturated heterocycles. The molecule has 3 rings (SSSR count). The predicted molar refractivity (Wildman–Crippen MR) is 92.6 cm³/mol. The minimum absolute atomic E-state index is 0.525. The zero-order chi connectivity index (χ0) is 16.9. The summed E-state index contributed by atoms with van der Waals surface area (Å²) in [5.74, 6) is 2.00. The topological polar surface area (TPSA) is 51.4 Å². The summed E-state index contributed by atoms with van der Waals surface area (Å²) in [4.78, 5) is 6.65. The molecule has 0 radical (unpaired) electrons. The molecule has 5 nitrogen and oxygen atoms in total. The highest BCUT2D eigenvalue weighted by molar-refractivity contribution is 5.54. The molecule has 0 aliphatic heterocycles. The van der Waals surface area contributed by atoms with Gasteiger partial charge in [0.1, 0.15) is 5.75 Å². The highest BCUT2D eigenvalue weighted by atomic mass is 16.5. The summed E-state index contributed by atoms with van der Waals surface area (Å²) < 4.78 is 10.5. The van der Waals surface area contributed by atoms with Crippen LogP contribution in [0.25, 0.3) is 11.5 Å². The van der Waals surface area contributed by atoms with Crippen LogP contribution in [0.3, 0.4) is 0 Å². The minimum atomic E-state index is 0.525. The normalized spacial score (nSPS) is 11.0. The molecule has 5 heteroatoms. The van der Waals surface area contributed by atoms with Crippen molar-refractivity contribution >= 4 is 0 Å². The van der Waals surface area contributed by atoms with Crippen LogP contribution in [0.4, 0.5) is 0 Å². The number of rotatable bonds is 6. The summed E-state index contributed by atoms with van der Waals surface area (Å²) in [6, 6.07) is 16.0. The van der Waals surface area contributed by atoms with Crippen molar-refractivity contribution in [1.82, 2.24) is 15.0 Å². The number of ether oxygens (including phenoxy) is 1. The lowest BCUT2D eigenvalue weighted by Crippen LogP contribution is -2.18. The van der Waals surface area contributed by atoms with Crippen LogP contribution >= 0.6 is 0 Å². The molecule has 1 aromatic heterocycles. The van der Waals surface area contributed by atoms with Gasteiger partial charge in [-0.3, -0.25) is 4.90 Å². The molecular formula is C19H21N3O2. The van der Waals surface area contributed by atoms with E-state index in [0.29, 0.717) is 18.3 Å². The maximum absolute atomic E-state index is 5.37. The van der Waals surface area contributed by atoms with E-state index < -0.39 is 0 Å². The Morgan fingerprint density at radius 1 is 1.04 bits per heavy atom. The Kier molecular flexibility index (Phi) is 4.91. The zero-order valence-electron chi connectivity index (χ0n) is 14.2. The monoisotopic (exact) mass is 323 g/mol. The molecule has 0 bridgehead atoms. The van der Waals surface area contributed by atoms with Crippen molar-refractivity contribution in [3.05, 3.63) is 65.5 Å². The summed E-state index contributed by atoms with van der Waals surface area (Å²) in [7, 11) is 3.69. The van der Waals surface area contributed by atoms with Crippen LogP contribution in [0, 0.1) is 6.92 Å². The van der Waals surface area contributed by atoms with Crippen LogP contribution in [-0.2, 0) is 13.1 Å². The molecule has 0 N–H and O–H groups in total. The molecule has 0 amide bonds. The number of nitrogens with zero attached hydrogens (tertiary/aromatic N) is 3. The first-order valence-corrected chi connectivity index (χ1v) is 7.86. The quantitative estimate of drug-likeness (QED) is 0.692. The third-order valence-corrected chi connectivity index (χ3v) is 3.92. The van der Waals surface area contributed by atoms with Crippen molar-refractivity contribution in [1.29, 1.82) is 0 Å². The molecule has 24 heavy (non-hydrogen) atoms. The van der Waals surface area contributed by atoms with Crippen molar-refractivity contribution < 1.29 is 9.26 Å². The lowest BCUT2D eigenvalue weighted by atomic mass is 10.1. The van der Waals surface area contributed by atoms with E-state index in [9.17, 15) is 0 Å². The number of benzene rings is 2. The van der Waals surface area contributed by atoms with Crippen molar-refractivity contribution in [3.8, 4) is 17.2 Å². The van der Waals surface area contributed by atoms with E-state index in [1.165, 1.54) is 11.1 Å². The van der Waals surface area contributed by atoms with E-state index in [4.69, 9.17) is 9.26 Å². The average Bonchev–Trinajstić information content (AvgIpc) is 3.05. The second-order valence-electron chi connectivity index (χ2n) is 5.84. The van der Waals surface area contributed by atoms with Gasteiger partial charge in [0.05, 0.1) is 13.7 Å². The summed E-state index contributed by atoms with van der Waals surface area (Å²) in [5, 5.41) is 4.08. The molecule has 0 spiro atoms. The first kappa shape index (κ1) is 16.2. The van der Waals surface area contributed by atoms with Crippen LogP contribution < -0.4 is 4.74 Å². The number of aryl methyl sites for hydroxylation is 1. The first-order valence-electron chi connectivity index (χ1n) is 7.86. The number of hydrogen-bond acceptors (Lipinski definition) is 5. The van der Waals surface area contributed by atoms with E-state index in [-0.39, 0.29) is 0 Å². The molecular weight excluding hydrogens is 302 g/mol. The molecule has 1 heterocycles. The van der Waals surface area contributed by atoms with Gasteiger partial charge in [-0.25, -0.2) is 0 Å². The Morgan fingerprint density at radius 3 is 2.50 bits per heavy atom. The Bertz CT molecular complexity index is 796. The van der Waals surface area contributed by atoms with Crippen LogP contribution in [-0.4, -0.2) is 29.2 Å². The van der Waals surface area contributed by atoms with Crippen LogP contribution in [0.5, 0.6) is 5.75 Å². The summed E-state index contributed by atoms with van der Waals surface area (Å²) >= 11 is 0. The van der Waals surface area contributed by atoms with E-state index in [2.05, 4.69) is 53.3 Å². The molecule has 0 atom stereocenters. The predicted octanol–water partition coefficient (Wildman–Crippen LogP) is 3.69. The second-order valence-corrected chi connectivity index (χ2v) is 5.84. The molecule has 124 valence electrons. The standard InChI is InChI=1S/C19H21N3O2/c1-14-6-4-5-7-16(14)12-22(2)13-18-20-19(24-21-18)15-8-10-17(23-3)11-9-15/h4-11H,12-13H2,1-3H3. The van der Waals surface area contributed by atoms with E-state index in [1.54, 1.807) is 7.11 Å². The Labute approximate surface area is 141 Å². The van der Waals surface area contributed by atoms with E-state index in [0.717, 1.165) is 17.9 Å². The highest BCUT2D eigenvalue weighted by Gasteiger charge is 2.11. The van der Waals surface area contributed by atoms with Gasteiger partial charge in [0.25, 0.3) is 5.89 Å². The van der Waals surface area contributed by atoms with Crippen LogP contribution in [0.15, 0.2) is 53.1 Å². The van der Waals surface area contributed by atoms with Gasteiger partial charge in [0.15, 0.2) is 5.82 Å². The third-order valence-electron chi connectivity index (χ3n) is 3.92. The van der Waals surface area contributed by atoms with Crippen LogP contribution in [0.1, 0.15) is 17.0 Å². The Balaban J connectivity index is 1.66. The summed E-state index contributed by atoms with van der Waals surface area (Å²) in [6.07, 6.45) is 0. The van der Waals surface area contributed by atoms with Gasteiger partial charge < -0.3 is 9.26 Å². The molecule has 0 unspecified atom stereocenters. The van der Waals surface area contributed by atoms with Gasteiger partial charge in [0.2, 0.25) is 0 Å². The highest BCUT2D eigenvalue weighted by Crippen LogP contribution is 2.21. The molecule has 0 aliphatic rings. The molecule has 0 aliphatic carbocycles. The van der Waals surface area contributed by atoms with Gasteiger partial charge in [-0.05, 0) is 49.4 Å². The van der Waals surface area contributed by atoms with E-state index in [1.807, 2.05) is 24.3 Å². The Hall–Kier alpha value is -2.66. The maximum Gasteiger partial charge on any atom is 0.257 e. The zero-order valence-corrected chi connectivity index (χ0v) is 14.2. The van der Waals surface area contributed by atoms with Gasteiger partial charge in [-0.2, -0.15) is 4.98 Å². The fourth-order valence-corrected chi connectivity index (χ4v) is 2.54. The largest absolute Gasteiger partial charge is 0.497 e. The number of methoxy groups -OCH3 is 1. The fraction of sp³-hybridized carbons (Fsp3) is 0.263. The smallest absolute Gasteiger partial charge is 0.257 e. The Morgan fingerprint density at radius 2 is 1.79 bits per heavy atom. The van der Waals surface area contributed by atoms with Crippen molar-refractivity contribution in [2.24, 2.45) is 0 Å². The SMILES string of the molecule is COc1ccc(-c2nc(CN(C)Cc3ccccc3C)no2)cc1. The summed E-state index contributed by atoms with van der Waals surface area (Å²) in [6.45, 7) is 3.60. The van der Waals surface area contributed by atoms with Gasteiger partial charge in [-0.15, -0.1) is 0 Å². The third kappa shape index (κ3) is 3.81. The molecule has 0 fully saturated rings. The van der Waals surface area contributed by atoms with E-state index >= 15 is 0 Å². The molecule has 3 aromatic rings. The lowest BCUT2D eigenvalue weighted by Gasteiger charge is -2.15. The van der Waals surface area contributed by atoms with Crippen molar-refractivity contribution in [3.63, 3.8) is 0 Å². The fourth-order valence-electron chi connectivity index (χ4n) is 2.54. The van der Waals surface area contributed by atoms with Crippen molar-refractivity contribution in [2.45, 2.75) is 20.0 Å². The summed E-state index contributed by atoms with van der Waals surface area (Å²) in [5.41, 5.74) is 3.48. The number of hydrogen-bond donors (Lipinski definition) is 0. The van der Waals surface area contributed by atoms with Crippen molar-refractivity contribution in [2.75, 3.05) is 14.2 Å². The van der Waals surface area contributed by atoms with Gasteiger partial charge >= 0.3 is 0 Å². The number of aromatic nitrogens is 2. The lowest BCUT2D eigenvalue weighted by molar-refractivity contribution is 0.301.